The smallest absolute Gasteiger partial charge is 0.240 e. The fourth-order valence-electron chi connectivity index (χ4n) is 9.73. The lowest BCUT2D eigenvalue weighted by molar-refractivity contribution is -0.146. The second-order valence-corrected chi connectivity index (χ2v) is 23.7. The quantitative estimate of drug-likeness (QED) is 0.237. The third-order valence-electron chi connectivity index (χ3n) is 13.9. The van der Waals surface area contributed by atoms with Crippen molar-refractivity contribution < 1.29 is 36.0 Å². The lowest BCUT2D eigenvalue weighted by Gasteiger charge is -2.37. The Balaban J connectivity index is 1.46. The summed E-state index contributed by atoms with van der Waals surface area (Å²) in [7, 11) is -7.64. The molecule has 5 rings (SSSR count). The Bertz CT molecular complexity index is 1710. The van der Waals surface area contributed by atoms with Crippen molar-refractivity contribution in [3.63, 3.8) is 0 Å². The lowest BCUT2D eigenvalue weighted by Crippen LogP contribution is -2.53. The van der Waals surface area contributed by atoms with Gasteiger partial charge >= 0.3 is 0 Å². The zero-order chi connectivity index (χ0) is 38.5. The molecular formula is C38H61N3O8S2. The molecular weight excluding hydrogens is 691 g/mol. The number of nitrogens with zero attached hydrogens (tertiary/aromatic N) is 1. The van der Waals surface area contributed by atoms with Crippen LogP contribution in [0.4, 0.5) is 0 Å². The summed E-state index contributed by atoms with van der Waals surface area (Å²) >= 11 is 0. The summed E-state index contributed by atoms with van der Waals surface area (Å²) in [5, 5.41) is -1.35. The minimum atomic E-state index is -3.83. The number of allylic oxidation sites excluding steroid dienone is 1. The third-order valence-corrected chi connectivity index (χ3v) is 17.5. The maximum absolute atomic E-state index is 15.0. The maximum atomic E-state index is 15.0. The number of carbonyl (C=O) groups excluding carboxylic acids is 4. The van der Waals surface area contributed by atoms with Crippen molar-refractivity contribution in [2.24, 2.45) is 44.3 Å². The average Bonchev–Trinajstić information content (AvgIpc) is 3.90. The molecule has 288 valence electrons. The summed E-state index contributed by atoms with van der Waals surface area (Å²) in [4.78, 5) is 58.9. The number of hydrogen-bond acceptors (Lipinski definition) is 8. The molecule has 0 aromatic carbocycles. The largest absolute Gasteiger partial charge is 0.332 e. The molecule has 0 aromatic rings. The molecule has 2 N–H and O–H groups in total. The van der Waals surface area contributed by atoms with Crippen molar-refractivity contribution in [3.8, 4) is 0 Å². The minimum Gasteiger partial charge on any atom is -0.332 e. The van der Waals surface area contributed by atoms with Gasteiger partial charge in [-0.3, -0.25) is 23.9 Å². The molecule has 2 amide bonds. The molecule has 4 aliphatic carbocycles. The van der Waals surface area contributed by atoms with E-state index in [-0.39, 0.29) is 46.7 Å². The molecule has 1 heterocycles. The van der Waals surface area contributed by atoms with Gasteiger partial charge in [0.2, 0.25) is 31.9 Å². The highest BCUT2D eigenvalue weighted by Gasteiger charge is 2.85. The molecule has 6 atom stereocenters. The first kappa shape index (κ1) is 40.1. The summed E-state index contributed by atoms with van der Waals surface area (Å²) in [6, 6.07) is -1.91. The van der Waals surface area contributed by atoms with E-state index in [1.54, 1.807) is 45.6 Å². The van der Waals surface area contributed by atoms with Gasteiger partial charge in [0.15, 0.2) is 11.6 Å². The molecule has 4 saturated carbocycles. The van der Waals surface area contributed by atoms with Crippen molar-refractivity contribution in [1.82, 2.24) is 14.3 Å². The van der Waals surface area contributed by atoms with Crippen LogP contribution in [0.1, 0.15) is 127 Å². The maximum Gasteiger partial charge on any atom is 0.240 e. The van der Waals surface area contributed by atoms with Crippen LogP contribution in [-0.2, 0) is 39.2 Å². The number of ketones is 2. The SMILES string of the molecule is C=C[C@@H]1C[C@]1(CC(=O)[C@@H]1C[C@@]2(CN1C(=O)[C@@H](CC(=O)[C@@H](NS(=O)(=O)C(C)C)C(C)(C)C)C(C)(C)C)C(C)(C)C21CCC1)C(=O)NS(=O)(=O)C1CC1. The summed E-state index contributed by atoms with van der Waals surface area (Å²) in [6.45, 7) is 22.7. The van der Waals surface area contributed by atoms with E-state index in [0.29, 0.717) is 32.2 Å². The number of hydrogen-bond donors (Lipinski definition) is 2. The number of likely N-dealkylation sites (tertiary alicyclic amines) is 1. The Morgan fingerprint density at radius 1 is 0.922 bits per heavy atom. The number of amides is 2. The molecule has 0 aromatic heterocycles. The van der Waals surface area contributed by atoms with Gasteiger partial charge in [0.05, 0.1) is 28.0 Å². The highest BCUT2D eigenvalue weighted by atomic mass is 32.2. The van der Waals surface area contributed by atoms with Gasteiger partial charge in [0, 0.05) is 30.7 Å². The van der Waals surface area contributed by atoms with Crippen LogP contribution in [0.2, 0.25) is 0 Å². The van der Waals surface area contributed by atoms with Crippen molar-refractivity contribution >= 4 is 43.4 Å². The standard InChI is InChI=1S/C38H61N3O8S2/c1-12-24-19-36(24,32(45)40-51(48,49)25-14-15-25)21-29(43)27-20-38(35(10,11)37(38)16-13-17-37)22-41(27)31(44)26(33(4,5)6)18-28(42)30(34(7,8)9)39-50(46,47)23(2)3/h12,23-27,30,39H,1,13-22H2,2-11H3,(H,40,45)/t24-,26-,27+,30-,36-,38-/m1/s1. The lowest BCUT2D eigenvalue weighted by atomic mass is 9.73. The zero-order valence-corrected chi connectivity index (χ0v) is 34.0. The predicted molar refractivity (Wildman–Crippen MR) is 196 cm³/mol. The molecule has 1 aliphatic heterocycles. The van der Waals surface area contributed by atoms with Crippen molar-refractivity contribution in [1.29, 1.82) is 0 Å². The monoisotopic (exact) mass is 751 g/mol. The van der Waals surface area contributed by atoms with Gasteiger partial charge in [0.1, 0.15) is 0 Å². The molecule has 1 saturated heterocycles. The van der Waals surface area contributed by atoms with Gasteiger partial charge in [-0.25, -0.2) is 21.6 Å². The molecule has 5 fully saturated rings. The van der Waals surface area contributed by atoms with E-state index in [0.717, 1.165) is 19.3 Å². The Kier molecular flexibility index (Phi) is 9.79. The Labute approximate surface area is 306 Å². The first-order chi connectivity index (χ1) is 23.1. The zero-order valence-electron chi connectivity index (χ0n) is 32.3. The van der Waals surface area contributed by atoms with Crippen molar-refractivity contribution in [3.05, 3.63) is 12.7 Å². The van der Waals surface area contributed by atoms with Crippen LogP contribution in [0.15, 0.2) is 12.7 Å². The molecule has 0 bridgehead atoms. The second-order valence-electron chi connectivity index (χ2n) is 19.4. The van der Waals surface area contributed by atoms with Gasteiger partial charge in [-0.15, -0.1) is 6.58 Å². The minimum absolute atomic E-state index is 0.00367. The summed E-state index contributed by atoms with van der Waals surface area (Å²) < 4.78 is 56.3. The van der Waals surface area contributed by atoms with Crippen LogP contribution in [0, 0.1) is 44.3 Å². The Hall–Kier alpha value is -2.12. The van der Waals surface area contributed by atoms with Crippen LogP contribution in [0.25, 0.3) is 0 Å². The van der Waals surface area contributed by atoms with Crippen LogP contribution in [0.5, 0.6) is 0 Å². The van der Waals surface area contributed by atoms with E-state index in [4.69, 9.17) is 0 Å². The van der Waals surface area contributed by atoms with Crippen LogP contribution in [0.3, 0.4) is 0 Å². The van der Waals surface area contributed by atoms with Gasteiger partial charge in [-0.2, -0.15) is 0 Å². The summed E-state index contributed by atoms with van der Waals surface area (Å²) in [5.41, 5.74) is -3.15. The topological polar surface area (TPSA) is 164 Å². The normalized spacial score (nSPS) is 30.8. The van der Waals surface area contributed by atoms with E-state index in [2.05, 4.69) is 29.9 Å². The van der Waals surface area contributed by atoms with Crippen LogP contribution >= 0.6 is 0 Å². The van der Waals surface area contributed by atoms with Crippen LogP contribution in [-0.4, -0.2) is 74.2 Å². The Morgan fingerprint density at radius 3 is 1.92 bits per heavy atom. The van der Waals surface area contributed by atoms with E-state index < -0.39 is 76.5 Å². The Morgan fingerprint density at radius 2 is 1.51 bits per heavy atom. The van der Waals surface area contributed by atoms with Crippen molar-refractivity contribution in [2.75, 3.05) is 6.54 Å². The van der Waals surface area contributed by atoms with Crippen molar-refractivity contribution in [2.45, 2.75) is 150 Å². The number of nitrogens with one attached hydrogen (secondary N) is 2. The van der Waals surface area contributed by atoms with Gasteiger partial charge in [-0.1, -0.05) is 67.9 Å². The fourth-order valence-corrected chi connectivity index (χ4v) is 12.2. The molecule has 13 heteroatoms. The molecule has 2 spiro atoms. The van der Waals surface area contributed by atoms with Gasteiger partial charge in [-0.05, 0) is 80.0 Å². The number of carbonyl (C=O) groups is 4. The molecule has 0 radical (unpaired) electrons. The number of Topliss-reactive ketones (excluding diaryl/α,β-unsaturated/α-hetero) is 2. The predicted octanol–water partition coefficient (Wildman–Crippen LogP) is 4.91. The van der Waals surface area contributed by atoms with Gasteiger partial charge in [0.25, 0.3) is 0 Å². The fraction of sp³-hybridized carbons (Fsp3) is 0.842. The number of fused-ring (bicyclic) bond motifs is 1. The number of rotatable bonds is 14. The first-order valence-corrected chi connectivity index (χ1v) is 21.8. The first-order valence-electron chi connectivity index (χ1n) is 18.7. The van der Waals surface area contributed by atoms with E-state index in [1.165, 1.54) is 0 Å². The highest BCUT2D eigenvalue weighted by Crippen LogP contribution is 2.88. The van der Waals surface area contributed by atoms with E-state index >= 15 is 0 Å². The molecule has 11 nitrogen and oxygen atoms in total. The molecule has 0 unspecified atom stereocenters. The average molecular weight is 752 g/mol. The van der Waals surface area contributed by atoms with E-state index in [1.807, 2.05) is 20.8 Å². The third kappa shape index (κ3) is 6.57. The van der Waals surface area contributed by atoms with Crippen LogP contribution < -0.4 is 9.44 Å². The second kappa shape index (κ2) is 12.5. The molecule has 5 aliphatic rings. The summed E-state index contributed by atoms with van der Waals surface area (Å²) in [6.07, 6.45) is 6.02. The molecule has 51 heavy (non-hydrogen) atoms. The van der Waals surface area contributed by atoms with E-state index in [9.17, 15) is 36.0 Å². The highest BCUT2D eigenvalue weighted by molar-refractivity contribution is 7.91. The summed E-state index contributed by atoms with van der Waals surface area (Å²) in [5.74, 6) is -2.90. The number of sulfonamides is 2. The van der Waals surface area contributed by atoms with Gasteiger partial charge < -0.3 is 4.90 Å².